The summed E-state index contributed by atoms with van der Waals surface area (Å²) in [5.74, 6) is 1.26. The first kappa shape index (κ1) is 19.8. The van der Waals surface area contributed by atoms with Gasteiger partial charge in [0.25, 0.3) is 5.91 Å². The number of nitrogens with two attached hydrogens (primary N) is 1. The molecule has 1 atom stereocenters. The Bertz CT molecular complexity index is 1130. The summed E-state index contributed by atoms with van der Waals surface area (Å²) in [6, 6.07) is 3.78. The van der Waals surface area contributed by atoms with Crippen molar-refractivity contribution in [1.29, 1.82) is 0 Å². The highest BCUT2D eigenvalue weighted by atomic mass is 16.2. The number of amides is 1. The molecular weight excluding hydrogens is 390 g/mol. The molecule has 3 aromatic heterocycles. The number of nitrogens with zero attached hydrogens (tertiary/aromatic N) is 6. The molecule has 31 heavy (non-hydrogen) atoms. The first-order valence-corrected chi connectivity index (χ1v) is 11.2. The van der Waals surface area contributed by atoms with Gasteiger partial charge in [-0.3, -0.25) is 4.79 Å². The number of hydrogen-bond acceptors (Lipinski definition) is 6. The van der Waals surface area contributed by atoms with Crippen LogP contribution in [0.1, 0.15) is 65.3 Å². The summed E-state index contributed by atoms with van der Waals surface area (Å²) in [5.41, 5.74) is 10.3. The molecule has 0 bridgehead atoms. The van der Waals surface area contributed by atoms with Gasteiger partial charge < -0.3 is 15.5 Å². The Balaban J connectivity index is 1.49. The average Bonchev–Trinajstić information content (AvgIpc) is 3.44. The largest absolute Gasteiger partial charge is 0.383 e. The van der Waals surface area contributed by atoms with E-state index in [9.17, 15) is 4.79 Å². The normalized spacial score (nSPS) is 19.4. The summed E-state index contributed by atoms with van der Waals surface area (Å²) in [5, 5.41) is 4.83. The van der Waals surface area contributed by atoms with Crippen LogP contribution in [0.15, 0.2) is 24.5 Å². The van der Waals surface area contributed by atoms with Gasteiger partial charge in [0.15, 0.2) is 5.65 Å². The first-order chi connectivity index (χ1) is 15.0. The Morgan fingerprint density at radius 1 is 1.10 bits per heavy atom. The van der Waals surface area contributed by atoms with Crippen molar-refractivity contribution < 1.29 is 4.79 Å². The predicted molar refractivity (Wildman–Crippen MR) is 120 cm³/mol. The molecule has 162 valence electrons. The van der Waals surface area contributed by atoms with Crippen LogP contribution in [0.3, 0.4) is 0 Å². The van der Waals surface area contributed by atoms with E-state index in [2.05, 4.69) is 23.0 Å². The van der Waals surface area contributed by atoms with Crippen LogP contribution in [0, 0.1) is 13.8 Å². The number of aryl methyl sites for hydroxylation is 2. The second-order valence-corrected chi connectivity index (χ2v) is 8.77. The number of hydrogen-bond donors (Lipinski definition) is 1. The minimum Gasteiger partial charge on any atom is -0.383 e. The van der Waals surface area contributed by atoms with Gasteiger partial charge in [0, 0.05) is 43.7 Å². The SMILES string of the molecule is Cc1cnc(N)c(C(=O)N2CCCCC2c2cc3nc(N4CCCC4)c(C)cn3n2)c1. The van der Waals surface area contributed by atoms with Crippen molar-refractivity contribution in [3.8, 4) is 0 Å². The van der Waals surface area contributed by atoms with E-state index in [0.29, 0.717) is 12.1 Å². The second-order valence-electron chi connectivity index (χ2n) is 8.77. The van der Waals surface area contributed by atoms with E-state index in [0.717, 1.165) is 60.6 Å². The maximum Gasteiger partial charge on any atom is 0.258 e. The highest BCUT2D eigenvalue weighted by Gasteiger charge is 2.32. The van der Waals surface area contributed by atoms with Crippen LogP contribution < -0.4 is 10.6 Å². The van der Waals surface area contributed by atoms with Crippen molar-refractivity contribution >= 4 is 23.2 Å². The van der Waals surface area contributed by atoms with E-state index in [-0.39, 0.29) is 17.8 Å². The highest BCUT2D eigenvalue weighted by Crippen LogP contribution is 2.33. The molecule has 2 aliphatic heterocycles. The molecule has 3 aromatic rings. The van der Waals surface area contributed by atoms with Gasteiger partial charge in [-0.1, -0.05) is 0 Å². The molecule has 8 nitrogen and oxygen atoms in total. The van der Waals surface area contributed by atoms with Crippen molar-refractivity contribution in [1.82, 2.24) is 24.5 Å². The summed E-state index contributed by atoms with van der Waals surface area (Å²) in [6.45, 7) is 6.82. The summed E-state index contributed by atoms with van der Waals surface area (Å²) < 4.78 is 1.85. The molecule has 0 aromatic carbocycles. The highest BCUT2D eigenvalue weighted by molar-refractivity contribution is 5.98. The maximum absolute atomic E-state index is 13.4. The molecule has 1 unspecified atom stereocenters. The van der Waals surface area contributed by atoms with E-state index in [4.69, 9.17) is 15.8 Å². The van der Waals surface area contributed by atoms with Crippen LogP contribution in [0.4, 0.5) is 11.6 Å². The third kappa shape index (κ3) is 3.60. The molecule has 2 N–H and O–H groups in total. The number of nitrogen functional groups attached to an aromatic ring is 1. The number of aromatic nitrogens is 4. The Morgan fingerprint density at radius 3 is 2.68 bits per heavy atom. The predicted octanol–water partition coefficient (Wildman–Crippen LogP) is 3.29. The topological polar surface area (TPSA) is 92.6 Å². The molecule has 2 saturated heterocycles. The molecule has 0 aliphatic carbocycles. The number of carbonyl (C=O) groups excluding carboxylic acids is 1. The van der Waals surface area contributed by atoms with E-state index >= 15 is 0 Å². The minimum absolute atomic E-state index is 0.0719. The Labute approximate surface area is 182 Å². The molecule has 0 saturated carbocycles. The van der Waals surface area contributed by atoms with Gasteiger partial charge >= 0.3 is 0 Å². The summed E-state index contributed by atoms with van der Waals surface area (Å²) in [6.07, 6.45) is 9.10. The van der Waals surface area contributed by atoms with Crippen molar-refractivity contribution in [2.75, 3.05) is 30.3 Å². The fourth-order valence-corrected chi connectivity index (χ4v) is 4.82. The average molecular weight is 420 g/mol. The number of rotatable bonds is 3. The molecule has 2 fully saturated rings. The lowest BCUT2D eigenvalue weighted by Crippen LogP contribution is -2.39. The third-order valence-electron chi connectivity index (χ3n) is 6.42. The van der Waals surface area contributed by atoms with Gasteiger partial charge in [0.1, 0.15) is 11.6 Å². The number of piperidine rings is 1. The second kappa shape index (κ2) is 7.83. The summed E-state index contributed by atoms with van der Waals surface area (Å²) in [4.78, 5) is 26.8. The lowest BCUT2D eigenvalue weighted by Gasteiger charge is -2.35. The van der Waals surface area contributed by atoms with Crippen LogP contribution >= 0.6 is 0 Å². The zero-order valence-corrected chi connectivity index (χ0v) is 18.2. The van der Waals surface area contributed by atoms with Gasteiger partial charge in [-0.25, -0.2) is 14.5 Å². The fourth-order valence-electron chi connectivity index (χ4n) is 4.82. The van der Waals surface area contributed by atoms with Crippen molar-refractivity contribution in [2.45, 2.75) is 52.0 Å². The number of anilines is 2. The molecule has 1 amide bonds. The molecule has 0 spiro atoms. The van der Waals surface area contributed by atoms with Crippen LogP contribution in [0.5, 0.6) is 0 Å². The number of fused-ring (bicyclic) bond motifs is 1. The van der Waals surface area contributed by atoms with Gasteiger partial charge in [0.2, 0.25) is 0 Å². The van der Waals surface area contributed by atoms with Gasteiger partial charge in [-0.15, -0.1) is 0 Å². The zero-order chi connectivity index (χ0) is 21.5. The molecule has 5 rings (SSSR count). The number of carbonyl (C=O) groups is 1. The van der Waals surface area contributed by atoms with Crippen LogP contribution in [0.2, 0.25) is 0 Å². The number of pyridine rings is 1. The van der Waals surface area contributed by atoms with Gasteiger partial charge in [-0.05, 0) is 57.6 Å². The molecule has 8 heteroatoms. The van der Waals surface area contributed by atoms with Crippen molar-refractivity contribution in [3.05, 3.63) is 46.9 Å². The fraction of sp³-hybridized carbons (Fsp3) is 0.478. The van der Waals surface area contributed by atoms with E-state index < -0.39 is 0 Å². The minimum atomic E-state index is -0.0848. The zero-order valence-electron chi connectivity index (χ0n) is 18.2. The van der Waals surface area contributed by atoms with E-state index in [1.165, 1.54) is 12.8 Å². The van der Waals surface area contributed by atoms with Crippen LogP contribution in [0.25, 0.3) is 5.65 Å². The van der Waals surface area contributed by atoms with Crippen molar-refractivity contribution in [3.63, 3.8) is 0 Å². The van der Waals surface area contributed by atoms with E-state index in [1.54, 1.807) is 6.20 Å². The standard InChI is InChI=1S/C23H29N7O/c1-15-11-17(21(24)25-13-15)23(31)29-10-4-3-7-19(29)18-12-20-26-22(28-8-5-6-9-28)16(2)14-30(20)27-18/h11-14,19H,3-10H2,1-2H3,(H2,24,25). The van der Waals surface area contributed by atoms with Crippen LogP contribution in [-0.2, 0) is 0 Å². The molecule has 2 aliphatic rings. The van der Waals surface area contributed by atoms with Crippen LogP contribution in [-0.4, -0.2) is 50.0 Å². The van der Waals surface area contributed by atoms with E-state index in [1.807, 2.05) is 28.5 Å². The Kier molecular flexibility index (Phi) is 5.00. The smallest absolute Gasteiger partial charge is 0.258 e. The molecule has 5 heterocycles. The van der Waals surface area contributed by atoms with Gasteiger partial charge in [0.05, 0.1) is 17.3 Å². The van der Waals surface area contributed by atoms with Gasteiger partial charge in [-0.2, -0.15) is 5.10 Å². The lowest BCUT2D eigenvalue weighted by atomic mass is 9.98. The quantitative estimate of drug-likeness (QED) is 0.700. The monoisotopic (exact) mass is 419 g/mol. The summed E-state index contributed by atoms with van der Waals surface area (Å²) >= 11 is 0. The molecular formula is C23H29N7O. The lowest BCUT2D eigenvalue weighted by molar-refractivity contribution is 0.0606. The summed E-state index contributed by atoms with van der Waals surface area (Å²) in [7, 11) is 0. The van der Waals surface area contributed by atoms with Crippen molar-refractivity contribution in [2.24, 2.45) is 0 Å². The first-order valence-electron chi connectivity index (χ1n) is 11.2. The maximum atomic E-state index is 13.4. The Morgan fingerprint density at radius 2 is 1.87 bits per heavy atom. The third-order valence-corrected chi connectivity index (χ3v) is 6.42. The molecule has 0 radical (unpaired) electrons. The Hall–Kier alpha value is -3.16. The number of likely N-dealkylation sites (tertiary alicyclic amines) is 1.